The van der Waals surface area contributed by atoms with Crippen molar-refractivity contribution in [3.8, 4) is 5.75 Å². The Morgan fingerprint density at radius 3 is 2.41 bits per heavy atom. The molecule has 0 amide bonds. The van der Waals surface area contributed by atoms with Crippen molar-refractivity contribution in [2.24, 2.45) is 5.41 Å². The van der Waals surface area contributed by atoms with Crippen LogP contribution in [0.2, 0.25) is 0 Å². The van der Waals surface area contributed by atoms with Gasteiger partial charge >= 0.3 is 5.97 Å². The fourth-order valence-corrected chi connectivity index (χ4v) is 3.70. The van der Waals surface area contributed by atoms with Crippen molar-refractivity contribution in [2.45, 2.75) is 33.4 Å². The van der Waals surface area contributed by atoms with Gasteiger partial charge in [-0.05, 0) is 35.7 Å². The molecule has 0 aliphatic heterocycles. The summed E-state index contributed by atoms with van der Waals surface area (Å²) in [6, 6.07) is 8.65. The van der Waals surface area contributed by atoms with Crippen LogP contribution in [0.4, 0.5) is 10.1 Å². The van der Waals surface area contributed by atoms with Gasteiger partial charge in [0.25, 0.3) is 0 Å². The van der Waals surface area contributed by atoms with Crippen LogP contribution in [0.15, 0.2) is 47.4 Å². The van der Waals surface area contributed by atoms with E-state index in [0.29, 0.717) is 22.5 Å². The average molecular weight is 442 g/mol. The van der Waals surface area contributed by atoms with Gasteiger partial charge in [-0.3, -0.25) is 4.79 Å². The Hall–Kier alpha value is -3.39. The van der Waals surface area contributed by atoms with Gasteiger partial charge in [0.2, 0.25) is 5.43 Å². The molecule has 0 aliphatic rings. The van der Waals surface area contributed by atoms with E-state index in [4.69, 9.17) is 4.74 Å². The molecule has 32 heavy (non-hydrogen) atoms. The molecule has 2 aromatic carbocycles. The van der Waals surface area contributed by atoms with Crippen molar-refractivity contribution in [1.29, 1.82) is 0 Å². The zero-order chi connectivity index (χ0) is 23.6. The van der Waals surface area contributed by atoms with E-state index in [-0.39, 0.29) is 29.9 Å². The van der Waals surface area contributed by atoms with Crippen LogP contribution >= 0.6 is 0 Å². The number of anilines is 1. The van der Waals surface area contributed by atoms with E-state index in [9.17, 15) is 24.2 Å². The van der Waals surface area contributed by atoms with Crippen LogP contribution in [0.1, 0.15) is 42.7 Å². The molecule has 1 heterocycles. The van der Waals surface area contributed by atoms with Gasteiger partial charge in [-0.25, -0.2) is 9.18 Å². The zero-order valence-corrected chi connectivity index (χ0v) is 18.5. The Bertz CT molecular complexity index is 1200. The fraction of sp³-hybridized carbons (Fsp3) is 0.333. The van der Waals surface area contributed by atoms with Gasteiger partial charge in [-0.15, -0.1) is 0 Å². The summed E-state index contributed by atoms with van der Waals surface area (Å²) in [5, 5.41) is 23.0. The molecule has 3 N–H and O–H groups in total. The number of benzene rings is 2. The number of methoxy groups -OCH3 is 1. The van der Waals surface area contributed by atoms with E-state index in [1.165, 1.54) is 25.4 Å². The summed E-state index contributed by atoms with van der Waals surface area (Å²) >= 11 is 0. The van der Waals surface area contributed by atoms with E-state index in [2.05, 4.69) is 5.32 Å². The third kappa shape index (κ3) is 4.60. The van der Waals surface area contributed by atoms with E-state index < -0.39 is 22.9 Å². The summed E-state index contributed by atoms with van der Waals surface area (Å²) in [5.41, 5.74) is 0.382. The number of fused-ring (bicyclic) bond motifs is 1. The number of ether oxygens (including phenoxy) is 1. The highest BCUT2D eigenvalue weighted by atomic mass is 19.1. The molecular formula is C24H27FN2O5. The number of carboxylic acids is 1. The number of carboxylic acid groups (broad SMARTS) is 1. The lowest BCUT2D eigenvalue weighted by molar-refractivity contribution is 0.0692. The number of carbonyl (C=O) groups is 1. The molecule has 170 valence electrons. The Morgan fingerprint density at radius 1 is 1.22 bits per heavy atom. The molecule has 0 saturated carbocycles. The summed E-state index contributed by atoms with van der Waals surface area (Å²) in [4.78, 5) is 24.8. The summed E-state index contributed by atoms with van der Waals surface area (Å²) < 4.78 is 20.3. The quantitative estimate of drug-likeness (QED) is 0.511. The van der Waals surface area contributed by atoms with Gasteiger partial charge in [0.15, 0.2) is 0 Å². The molecule has 8 heteroatoms. The van der Waals surface area contributed by atoms with Crippen molar-refractivity contribution in [3.63, 3.8) is 0 Å². The van der Waals surface area contributed by atoms with E-state index in [1.807, 2.05) is 20.8 Å². The van der Waals surface area contributed by atoms with E-state index in [0.717, 1.165) is 0 Å². The van der Waals surface area contributed by atoms with E-state index in [1.54, 1.807) is 28.8 Å². The second kappa shape index (κ2) is 9.00. The summed E-state index contributed by atoms with van der Waals surface area (Å²) in [6.45, 7) is 5.81. The number of aliphatic hydroxyl groups is 1. The minimum atomic E-state index is -1.34. The highest BCUT2D eigenvalue weighted by molar-refractivity contribution is 5.93. The zero-order valence-electron chi connectivity index (χ0n) is 18.5. The molecule has 0 saturated heterocycles. The van der Waals surface area contributed by atoms with Gasteiger partial charge in [0.05, 0.1) is 25.3 Å². The molecule has 0 fully saturated rings. The van der Waals surface area contributed by atoms with Gasteiger partial charge in [0, 0.05) is 35.4 Å². The van der Waals surface area contributed by atoms with Crippen molar-refractivity contribution in [1.82, 2.24) is 4.57 Å². The number of pyridine rings is 1. The number of aromatic carboxylic acids is 1. The second-order valence-corrected chi connectivity index (χ2v) is 8.69. The van der Waals surface area contributed by atoms with Crippen molar-refractivity contribution < 1.29 is 24.1 Å². The van der Waals surface area contributed by atoms with Crippen molar-refractivity contribution in [3.05, 3.63) is 69.8 Å². The summed E-state index contributed by atoms with van der Waals surface area (Å²) in [6.07, 6.45) is 1.29. The molecule has 0 spiro atoms. The van der Waals surface area contributed by atoms with Gasteiger partial charge < -0.3 is 24.8 Å². The highest BCUT2D eigenvalue weighted by Crippen LogP contribution is 2.34. The minimum Gasteiger partial charge on any atom is -0.496 e. The van der Waals surface area contributed by atoms with Crippen LogP contribution in [-0.2, 0) is 6.54 Å². The van der Waals surface area contributed by atoms with Crippen LogP contribution < -0.4 is 15.5 Å². The molecule has 3 rings (SSSR count). The lowest BCUT2D eigenvalue weighted by Gasteiger charge is -2.33. The van der Waals surface area contributed by atoms with Crippen LogP contribution in [0.25, 0.3) is 10.9 Å². The monoisotopic (exact) mass is 442 g/mol. The molecule has 0 bridgehead atoms. The highest BCUT2D eigenvalue weighted by Gasteiger charge is 2.28. The normalized spacial score (nSPS) is 12.6. The number of nitrogens with one attached hydrogen (secondary N) is 1. The van der Waals surface area contributed by atoms with Gasteiger partial charge in [0.1, 0.15) is 17.1 Å². The molecule has 3 aromatic rings. The molecule has 0 unspecified atom stereocenters. The maximum atomic E-state index is 13.2. The predicted molar refractivity (Wildman–Crippen MR) is 121 cm³/mol. The summed E-state index contributed by atoms with van der Waals surface area (Å²) in [7, 11) is 1.50. The first-order valence-electron chi connectivity index (χ1n) is 10.2. The number of halogens is 1. The Labute approximate surface area is 185 Å². The Kier molecular flexibility index (Phi) is 6.55. The summed E-state index contributed by atoms with van der Waals surface area (Å²) in [5.74, 6) is -1.19. The minimum absolute atomic E-state index is 0.212. The molecule has 0 radical (unpaired) electrons. The lowest BCUT2D eigenvalue weighted by atomic mass is 9.86. The predicted octanol–water partition coefficient (Wildman–Crippen LogP) is 4.04. The molecule has 7 nitrogen and oxygen atoms in total. The molecule has 1 aromatic heterocycles. The van der Waals surface area contributed by atoms with Crippen molar-refractivity contribution in [2.75, 3.05) is 19.0 Å². The van der Waals surface area contributed by atoms with Crippen LogP contribution in [0.3, 0.4) is 0 Å². The van der Waals surface area contributed by atoms with Crippen LogP contribution in [-0.4, -0.2) is 34.5 Å². The fourth-order valence-electron chi connectivity index (χ4n) is 3.70. The molecule has 1 atom stereocenters. The van der Waals surface area contributed by atoms with Crippen LogP contribution in [0.5, 0.6) is 5.75 Å². The smallest absolute Gasteiger partial charge is 0.341 e. The topological polar surface area (TPSA) is 101 Å². The maximum absolute atomic E-state index is 13.2. The number of aromatic nitrogens is 1. The third-order valence-corrected chi connectivity index (χ3v) is 5.50. The van der Waals surface area contributed by atoms with Crippen LogP contribution in [0, 0.1) is 11.2 Å². The first-order valence-corrected chi connectivity index (χ1v) is 10.2. The first kappa shape index (κ1) is 23.3. The lowest BCUT2D eigenvalue weighted by Crippen LogP contribution is -2.30. The Morgan fingerprint density at radius 2 is 1.88 bits per heavy atom. The van der Waals surface area contributed by atoms with Gasteiger partial charge in [-0.1, -0.05) is 20.8 Å². The average Bonchev–Trinajstić information content (AvgIpc) is 2.73. The Balaban J connectivity index is 2.20. The van der Waals surface area contributed by atoms with Crippen molar-refractivity contribution >= 4 is 22.6 Å². The number of hydrogen-bond donors (Lipinski definition) is 3. The number of rotatable bonds is 7. The second-order valence-electron chi connectivity index (χ2n) is 8.69. The number of hydrogen-bond acceptors (Lipinski definition) is 5. The molecule has 0 aliphatic carbocycles. The van der Waals surface area contributed by atoms with Gasteiger partial charge in [-0.2, -0.15) is 0 Å². The number of nitrogens with zero attached hydrogens (tertiary/aromatic N) is 1. The third-order valence-electron chi connectivity index (χ3n) is 5.50. The molecular weight excluding hydrogens is 415 g/mol. The maximum Gasteiger partial charge on any atom is 0.341 e. The standard InChI is InChI=1S/C24H27FN2O5/c1-24(2,3)21(13-28)27-12-18(23(30)31)22(29)17-9-14(20(32-4)10-19(17)27)11-26-16-7-5-15(25)6-8-16/h5-10,12,21,26,28H,11,13H2,1-4H3,(H,30,31)/t21-/m1/s1. The SMILES string of the molecule is COc1cc2c(cc1CNc1ccc(F)cc1)c(=O)c(C(=O)O)cn2[C@H](CO)C(C)(C)C. The number of aliphatic hydroxyl groups excluding tert-OH is 1. The first-order chi connectivity index (χ1) is 15.1. The largest absolute Gasteiger partial charge is 0.496 e. The van der Waals surface area contributed by atoms with E-state index >= 15 is 0 Å².